The summed E-state index contributed by atoms with van der Waals surface area (Å²) in [5.41, 5.74) is 5.77. The molecule has 0 radical (unpaired) electrons. The molecule has 188 valence electrons. The molecule has 1 amide bonds. The molecule has 2 aromatic rings. The van der Waals surface area contributed by atoms with E-state index < -0.39 is 48.5 Å². The molecule has 0 unspecified atom stereocenters. The zero-order chi connectivity index (χ0) is 25.8. The third-order valence-corrected chi connectivity index (χ3v) is 5.65. The molecule has 12 heteroatoms. The van der Waals surface area contributed by atoms with Crippen molar-refractivity contribution in [2.45, 2.75) is 31.5 Å². The van der Waals surface area contributed by atoms with Gasteiger partial charge >= 0.3 is 6.18 Å². The SMILES string of the molecule is CN=CC(C(=O)N1CC(F)(F)C[C@@H](C)[C@H]1CNc1ncc(C(F)(F)F)cn1)=C(N)c1ccccc1. The molecule has 7 nitrogen and oxygen atoms in total. The Morgan fingerprint density at radius 1 is 1.26 bits per heavy atom. The minimum absolute atomic E-state index is 0.0422. The summed E-state index contributed by atoms with van der Waals surface area (Å²) in [5, 5.41) is 2.76. The van der Waals surface area contributed by atoms with Gasteiger partial charge in [-0.2, -0.15) is 13.2 Å². The van der Waals surface area contributed by atoms with E-state index in [2.05, 4.69) is 20.3 Å². The van der Waals surface area contributed by atoms with Crippen molar-refractivity contribution in [2.24, 2.45) is 16.6 Å². The lowest BCUT2D eigenvalue weighted by Crippen LogP contribution is -2.58. The van der Waals surface area contributed by atoms with Crippen molar-refractivity contribution in [1.29, 1.82) is 0 Å². The minimum atomic E-state index is -4.59. The van der Waals surface area contributed by atoms with Crippen molar-refractivity contribution in [1.82, 2.24) is 14.9 Å². The van der Waals surface area contributed by atoms with Gasteiger partial charge in [0.2, 0.25) is 5.95 Å². The van der Waals surface area contributed by atoms with Gasteiger partial charge in [0.05, 0.1) is 29.4 Å². The molecule has 1 saturated heterocycles. The zero-order valence-electron chi connectivity index (χ0n) is 19.1. The van der Waals surface area contributed by atoms with Crippen LogP contribution in [0.1, 0.15) is 24.5 Å². The van der Waals surface area contributed by atoms with Crippen LogP contribution in [0.25, 0.3) is 5.70 Å². The number of amides is 1. The minimum Gasteiger partial charge on any atom is -0.398 e. The smallest absolute Gasteiger partial charge is 0.398 e. The fourth-order valence-corrected chi connectivity index (χ4v) is 3.94. The van der Waals surface area contributed by atoms with Gasteiger partial charge in [0.25, 0.3) is 11.8 Å². The maximum absolute atomic E-state index is 14.5. The first kappa shape index (κ1) is 26.0. The first-order chi connectivity index (χ1) is 16.4. The van der Waals surface area contributed by atoms with Crippen molar-refractivity contribution in [2.75, 3.05) is 25.5 Å². The van der Waals surface area contributed by atoms with Crippen LogP contribution < -0.4 is 11.1 Å². The van der Waals surface area contributed by atoms with Crippen molar-refractivity contribution in [3.05, 3.63) is 59.4 Å². The number of likely N-dealkylation sites (tertiary alicyclic amines) is 1. The summed E-state index contributed by atoms with van der Waals surface area (Å²) in [6.45, 7) is 0.667. The Balaban J connectivity index is 1.89. The number of rotatable bonds is 6. The monoisotopic (exact) mass is 496 g/mol. The molecule has 2 heterocycles. The summed E-state index contributed by atoms with van der Waals surface area (Å²) in [5.74, 6) is -4.64. The lowest BCUT2D eigenvalue weighted by atomic mass is 9.87. The summed E-state index contributed by atoms with van der Waals surface area (Å²) in [6, 6.07) is 7.84. The number of alkyl halides is 5. The molecule has 1 fully saturated rings. The lowest BCUT2D eigenvalue weighted by Gasteiger charge is -2.43. The van der Waals surface area contributed by atoms with E-state index in [1.807, 2.05) is 0 Å². The molecule has 2 atom stereocenters. The highest BCUT2D eigenvalue weighted by molar-refractivity contribution is 6.18. The van der Waals surface area contributed by atoms with E-state index in [1.165, 1.54) is 13.3 Å². The molecule has 1 aromatic heterocycles. The maximum Gasteiger partial charge on any atom is 0.419 e. The number of aliphatic imine (C=N–C) groups is 1. The van der Waals surface area contributed by atoms with Crippen LogP contribution in [0.4, 0.5) is 27.9 Å². The molecule has 3 rings (SSSR count). The van der Waals surface area contributed by atoms with Crippen LogP contribution in [0.3, 0.4) is 0 Å². The fourth-order valence-electron chi connectivity index (χ4n) is 3.94. The van der Waals surface area contributed by atoms with E-state index in [0.717, 1.165) is 4.90 Å². The number of carbonyl (C=O) groups excluding carboxylic acids is 1. The van der Waals surface area contributed by atoms with Gasteiger partial charge in [0.15, 0.2) is 0 Å². The van der Waals surface area contributed by atoms with Gasteiger partial charge in [-0.05, 0) is 11.5 Å². The van der Waals surface area contributed by atoms with E-state index >= 15 is 0 Å². The Morgan fingerprint density at radius 2 is 1.89 bits per heavy atom. The van der Waals surface area contributed by atoms with Crippen LogP contribution in [-0.2, 0) is 11.0 Å². The van der Waals surface area contributed by atoms with Gasteiger partial charge < -0.3 is 16.0 Å². The number of hydrogen-bond acceptors (Lipinski definition) is 6. The van der Waals surface area contributed by atoms with Crippen LogP contribution in [-0.4, -0.2) is 59.1 Å². The highest BCUT2D eigenvalue weighted by Crippen LogP contribution is 2.35. The average molecular weight is 496 g/mol. The van der Waals surface area contributed by atoms with E-state index in [0.29, 0.717) is 18.0 Å². The Kier molecular flexibility index (Phi) is 7.71. The molecule has 0 saturated carbocycles. The van der Waals surface area contributed by atoms with E-state index in [4.69, 9.17) is 5.73 Å². The van der Waals surface area contributed by atoms with Crippen LogP contribution in [0, 0.1) is 5.92 Å². The predicted molar refractivity (Wildman–Crippen MR) is 122 cm³/mol. The Morgan fingerprint density at radius 3 is 2.46 bits per heavy atom. The van der Waals surface area contributed by atoms with Crippen molar-refractivity contribution >= 4 is 23.8 Å². The highest BCUT2D eigenvalue weighted by Gasteiger charge is 2.46. The van der Waals surface area contributed by atoms with Gasteiger partial charge in [-0.3, -0.25) is 9.79 Å². The highest BCUT2D eigenvalue weighted by atomic mass is 19.4. The second-order valence-electron chi connectivity index (χ2n) is 8.29. The first-order valence-electron chi connectivity index (χ1n) is 10.7. The number of carbonyl (C=O) groups is 1. The summed E-state index contributed by atoms with van der Waals surface area (Å²) in [7, 11) is 1.43. The zero-order valence-corrected chi connectivity index (χ0v) is 19.1. The molecule has 1 aromatic carbocycles. The van der Waals surface area contributed by atoms with Crippen LogP contribution in [0.15, 0.2) is 53.3 Å². The Hall–Kier alpha value is -3.57. The standard InChI is InChI=1S/C23H25F5N6O/c1-14-8-22(24,25)13-34(18(14)12-33-21-31-9-16(10-32-21)23(26,27)28)20(35)17(11-30-2)19(29)15-6-4-3-5-7-15/h3-7,9-11,14,18H,8,12-13,29H2,1-2H3,(H,31,32,33)/t14-,18-/m1/s1. The summed E-state index contributed by atoms with van der Waals surface area (Å²) in [4.78, 5) is 25.7. The summed E-state index contributed by atoms with van der Waals surface area (Å²) < 4.78 is 67.2. The lowest BCUT2D eigenvalue weighted by molar-refractivity contribution is -0.147. The van der Waals surface area contributed by atoms with Crippen molar-refractivity contribution in [3.8, 4) is 0 Å². The van der Waals surface area contributed by atoms with Crippen molar-refractivity contribution < 1.29 is 26.7 Å². The van der Waals surface area contributed by atoms with Crippen LogP contribution in [0.2, 0.25) is 0 Å². The first-order valence-corrected chi connectivity index (χ1v) is 10.7. The average Bonchev–Trinajstić information content (AvgIpc) is 2.80. The molecule has 1 aliphatic heterocycles. The number of hydrogen-bond donors (Lipinski definition) is 2. The third kappa shape index (κ3) is 6.31. The van der Waals surface area contributed by atoms with E-state index in [1.54, 1.807) is 37.3 Å². The number of nitrogens with two attached hydrogens (primary N) is 1. The topological polar surface area (TPSA) is 96.5 Å². The molecule has 0 spiro atoms. The molecule has 3 N–H and O–H groups in total. The largest absolute Gasteiger partial charge is 0.419 e. The Bertz CT molecular complexity index is 1090. The van der Waals surface area contributed by atoms with Gasteiger partial charge in [-0.15, -0.1) is 0 Å². The number of piperidine rings is 1. The van der Waals surface area contributed by atoms with Crippen molar-refractivity contribution in [3.63, 3.8) is 0 Å². The number of nitrogens with zero attached hydrogens (tertiary/aromatic N) is 4. The fraction of sp³-hybridized carbons (Fsp3) is 0.391. The van der Waals surface area contributed by atoms with Gasteiger partial charge in [0.1, 0.15) is 0 Å². The molecule has 0 aliphatic carbocycles. The molecule has 35 heavy (non-hydrogen) atoms. The second kappa shape index (κ2) is 10.4. The second-order valence-corrected chi connectivity index (χ2v) is 8.29. The van der Waals surface area contributed by atoms with Gasteiger partial charge in [-0.1, -0.05) is 37.3 Å². The number of halogens is 5. The molecule has 1 aliphatic rings. The molecular weight excluding hydrogens is 471 g/mol. The third-order valence-electron chi connectivity index (χ3n) is 5.65. The van der Waals surface area contributed by atoms with Gasteiger partial charge in [0, 0.05) is 38.6 Å². The predicted octanol–water partition coefficient (Wildman–Crippen LogP) is 3.85. The number of anilines is 1. The van der Waals surface area contributed by atoms with Gasteiger partial charge in [-0.25, -0.2) is 18.7 Å². The quantitative estimate of drug-likeness (QED) is 0.360. The number of benzene rings is 1. The number of aromatic nitrogens is 2. The number of nitrogens with one attached hydrogen (secondary N) is 1. The summed E-state index contributed by atoms with van der Waals surface area (Å²) >= 11 is 0. The molecule has 0 bridgehead atoms. The normalized spacial score (nSPS) is 21.1. The molecular formula is C23H25F5N6O. The van der Waals surface area contributed by atoms with E-state index in [9.17, 15) is 26.7 Å². The maximum atomic E-state index is 14.5. The van der Waals surface area contributed by atoms with E-state index in [-0.39, 0.29) is 23.8 Å². The van der Waals surface area contributed by atoms with Crippen LogP contribution >= 0.6 is 0 Å². The Labute approximate surface area is 199 Å². The van der Waals surface area contributed by atoms with Crippen LogP contribution in [0.5, 0.6) is 0 Å². The summed E-state index contributed by atoms with van der Waals surface area (Å²) in [6.07, 6.45) is -2.59.